The SMILES string of the molecule is CCC(=O)O[SiH](O)OC(=O)CC. The molecule has 0 atom stereocenters. The van der Waals surface area contributed by atoms with E-state index in [9.17, 15) is 9.59 Å². The van der Waals surface area contributed by atoms with E-state index in [-0.39, 0.29) is 12.8 Å². The van der Waals surface area contributed by atoms with Crippen molar-refractivity contribution < 1.29 is 23.2 Å². The van der Waals surface area contributed by atoms with Crippen LogP contribution < -0.4 is 0 Å². The lowest BCUT2D eigenvalue weighted by Gasteiger charge is -2.08. The molecule has 6 heteroatoms. The van der Waals surface area contributed by atoms with Gasteiger partial charge in [-0.3, -0.25) is 9.59 Å². The first kappa shape index (κ1) is 11.1. The van der Waals surface area contributed by atoms with Crippen molar-refractivity contribution >= 4 is 21.5 Å². The Labute approximate surface area is 72.3 Å². The van der Waals surface area contributed by atoms with Crippen LogP contribution >= 0.6 is 0 Å². The number of carbonyl (C=O) groups excluding carboxylic acids is 2. The van der Waals surface area contributed by atoms with Gasteiger partial charge in [0.05, 0.1) is 0 Å². The Morgan fingerprint density at radius 2 is 1.50 bits per heavy atom. The first-order valence-corrected chi connectivity index (χ1v) is 5.13. The maximum Gasteiger partial charge on any atom is 0.617 e. The molecule has 0 aliphatic heterocycles. The fourth-order valence-electron chi connectivity index (χ4n) is 0.416. The predicted octanol–water partition coefficient (Wildman–Crippen LogP) is -0.398. The Bertz CT molecular complexity index is 151. The highest BCUT2D eigenvalue weighted by Crippen LogP contribution is 1.92. The van der Waals surface area contributed by atoms with Gasteiger partial charge in [-0.15, -0.1) is 0 Å². The Morgan fingerprint density at radius 3 is 1.75 bits per heavy atom. The molecule has 0 unspecified atom stereocenters. The third kappa shape index (κ3) is 4.86. The number of carbonyl (C=O) groups is 2. The third-order valence-electron chi connectivity index (χ3n) is 1.04. The van der Waals surface area contributed by atoms with Crippen LogP contribution in [0, 0.1) is 0 Å². The summed E-state index contributed by atoms with van der Waals surface area (Å²) >= 11 is 0. The minimum Gasteiger partial charge on any atom is -0.467 e. The molecule has 5 nitrogen and oxygen atoms in total. The molecule has 70 valence electrons. The van der Waals surface area contributed by atoms with Crippen LogP contribution in [0.4, 0.5) is 0 Å². The fourth-order valence-corrected chi connectivity index (χ4v) is 1.25. The van der Waals surface area contributed by atoms with Crippen LogP contribution in [0.3, 0.4) is 0 Å². The monoisotopic (exact) mass is 192 g/mol. The summed E-state index contributed by atoms with van der Waals surface area (Å²) in [7, 11) is -3.05. The number of hydrogen-bond acceptors (Lipinski definition) is 5. The molecule has 0 radical (unpaired) electrons. The second-order valence-corrected chi connectivity index (χ2v) is 3.08. The van der Waals surface area contributed by atoms with Crippen LogP contribution in [0.5, 0.6) is 0 Å². The lowest BCUT2D eigenvalue weighted by Crippen LogP contribution is -2.28. The molecule has 0 saturated heterocycles. The van der Waals surface area contributed by atoms with Crippen LogP contribution in [-0.2, 0) is 18.4 Å². The second kappa shape index (κ2) is 5.73. The number of hydrogen-bond donors (Lipinski definition) is 1. The largest absolute Gasteiger partial charge is 0.617 e. The zero-order valence-corrected chi connectivity index (χ0v) is 8.23. The van der Waals surface area contributed by atoms with Crippen molar-refractivity contribution in [2.75, 3.05) is 0 Å². The van der Waals surface area contributed by atoms with Gasteiger partial charge in [-0.1, -0.05) is 13.8 Å². The molecule has 1 N–H and O–H groups in total. The molecule has 0 amide bonds. The summed E-state index contributed by atoms with van der Waals surface area (Å²) in [4.78, 5) is 30.0. The lowest BCUT2D eigenvalue weighted by molar-refractivity contribution is -0.142. The minimum atomic E-state index is -3.05. The van der Waals surface area contributed by atoms with E-state index < -0.39 is 21.5 Å². The molecule has 0 aromatic heterocycles. The van der Waals surface area contributed by atoms with Gasteiger partial charge in [-0.25, -0.2) is 0 Å². The van der Waals surface area contributed by atoms with Crippen LogP contribution in [0.2, 0.25) is 0 Å². The van der Waals surface area contributed by atoms with Crippen molar-refractivity contribution in [2.24, 2.45) is 0 Å². The highest BCUT2D eigenvalue weighted by atomic mass is 28.3. The summed E-state index contributed by atoms with van der Waals surface area (Å²) in [6.45, 7) is 3.18. The Morgan fingerprint density at radius 1 is 1.17 bits per heavy atom. The van der Waals surface area contributed by atoms with Crippen molar-refractivity contribution in [1.82, 2.24) is 0 Å². The molecule has 0 aliphatic rings. The van der Waals surface area contributed by atoms with Gasteiger partial charge in [0.15, 0.2) is 0 Å². The molecule has 0 bridgehead atoms. The molecule has 0 fully saturated rings. The topological polar surface area (TPSA) is 72.8 Å². The van der Waals surface area contributed by atoms with Gasteiger partial charge in [0, 0.05) is 12.8 Å². The van der Waals surface area contributed by atoms with Gasteiger partial charge >= 0.3 is 9.53 Å². The zero-order valence-electron chi connectivity index (χ0n) is 7.07. The minimum absolute atomic E-state index is 0.160. The van der Waals surface area contributed by atoms with E-state index in [1.165, 1.54) is 0 Å². The van der Waals surface area contributed by atoms with Crippen LogP contribution in [0.1, 0.15) is 26.7 Å². The Kier molecular flexibility index (Phi) is 5.31. The van der Waals surface area contributed by atoms with Gasteiger partial charge < -0.3 is 13.6 Å². The van der Waals surface area contributed by atoms with Gasteiger partial charge in [-0.05, 0) is 0 Å². The van der Waals surface area contributed by atoms with Gasteiger partial charge in [-0.2, -0.15) is 0 Å². The normalized spacial score (nSPS) is 9.67. The van der Waals surface area contributed by atoms with Crippen molar-refractivity contribution in [1.29, 1.82) is 0 Å². The van der Waals surface area contributed by atoms with E-state index >= 15 is 0 Å². The summed E-state index contributed by atoms with van der Waals surface area (Å²) in [5, 5.41) is 0. The van der Waals surface area contributed by atoms with E-state index in [0.29, 0.717) is 0 Å². The smallest absolute Gasteiger partial charge is 0.467 e. The molecule has 0 aromatic carbocycles. The maximum absolute atomic E-state index is 10.6. The highest BCUT2D eigenvalue weighted by Gasteiger charge is 2.18. The molecule has 0 spiro atoms. The molecule has 0 aromatic rings. The van der Waals surface area contributed by atoms with E-state index in [2.05, 4.69) is 8.85 Å². The summed E-state index contributed by atoms with van der Waals surface area (Å²) in [6.07, 6.45) is 0.321. The molecule has 0 rings (SSSR count). The van der Waals surface area contributed by atoms with Gasteiger partial charge in [0.25, 0.3) is 11.9 Å². The lowest BCUT2D eigenvalue weighted by atomic mass is 10.5. The van der Waals surface area contributed by atoms with Crippen LogP contribution in [-0.4, -0.2) is 26.3 Å². The van der Waals surface area contributed by atoms with E-state index in [4.69, 9.17) is 4.80 Å². The van der Waals surface area contributed by atoms with Gasteiger partial charge in [0.1, 0.15) is 0 Å². The van der Waals surface area contributed by atoms with Crippen molar-refractivity contribution in [3.63, 3.8) is 0 Å². The number of rotatable bonds is 4. The average Bonchev–Trinajstić information content (AvgIpc) is 2.03. The second-order valence-electron chi connectivity index (χ2n) is 1.99. The van der Waals surface area contributed by atoms with Crippen molar-refractivity contribution in [3.8, 4) is 0 Å². The summed E-state index contributed by atoms with van der Waals surface area (Å²) < 4.78 is 8.77. The average molecular weight is 192 g/mol. The highest BCUT2D eigenvalue weighted by molar-refractivity contribution is 6.40. The standard InChI is InChI=1S/C6H12O5Si/c1-3-5(7)10-12(9)11-6(8)4-2/h9,12H,3-4H2,1-2H3. The first-order chi connectivity index (χ1) is 5.60. The van der Waals surface area contributed by atoms with Crippen molar-refractivity contribution in [3.05, 3.63) is 0 Å². The van der Waals surface area contributed by atoms with Crippen LogP contribution in [0.25, 0.3) is 0 Å². The fraction of sp³-hybridized carbons (Fsp3) is 0.667. The Hall–Kier alpha value is -0.883. The molecule has 0 saturated carbocycles. The van der Waals surface area contributed by atoms with E-state index in [0.717, 1.165) is 0 Å². The maximum atomic E-state index is 10.6. The summed E-state index contributed by atoms with van der Waals surface area (Å²) in [5.74, 6) is -1.11. The van der Waals surface area contributed by atoms with E-state index in [1.807, 2.05) is 0 Å². The van der Waals surface area contributed by atoms with E-state index in [1.54, 1.807) is 13.8 Å². The zero-order chi connectivity index (χ0) is 9.56. The quantitative estimate of drug-likeness (QED) is 0.614. The van der Waals surface area contributed by atoms with Gasteiger partial charge in [0.2, 0.25) is 0 Å². The first-order valence-electron chi connectivity index (χ1n) is 3.67. The Balaban J connectivity index is 3.66. The van der Waals surface area contributed by atoms with Crippen molar-refractivity contribution in [2.45, 2.75) is 26.7 Å². The molecule has 0 heterocycles. The molecule has 0 aliphatic carbocycles. The molecule has 12 heavy (non-hydrogen) atoms. The summed E-state index contributed by atoms with van der Waals surface area (Å²) in [5.41, 5.74) is 0. The molecular formula is C6H12O5Si. The third-order valence-corrected chi connectivity index (χ3v) is 1.97. The van der Waals surface area contributed by atoms with Crippen LogP contribution in [0.15, 0.2) is 0 Å². The summed E-state index contributed by atoms with van der Waals surface area (Å²) in [6, 6.07) is 0. The molecular weight excluding hydrogens is 180 g/mol. The predicted molar refractivity (Wildman–Crippen MR) is 42.1 cm³/mol.